The predicted molar refractivity (Wildman–Crippen MR) is 164 cm³/mol. The Morgan fingerprint density at radius 1 is 0.980 bits per heavy atom. The summed E-state index contributed by atoms with van der Waals surface area (Å²) in [6.07, 6.45) is 1.69. The number of hydrogen-bond donors (Lipinski definition) is 0. The van der Waals surface area contributed by atoms with Gasteiger partial charge in [0, 0.05) is 36.6 Å². The first-order valence-corrected chi connectivity index (χ1v) is 15.9. The number of rotatable bonds is 6. The number of benzene rings is 2. The number of aromatic nitrogens is 1. The Bertz CT molecular complexity index is 1830. The number of hydrogen-bond acceptors (Lipinski definition) is 10. The summed E-state index contributed by atoms with van der Waals surface area (Å²) in [6.45, 7) is 1.99. The first-order valence-electron chi connectivity index (χ1n) is 13.1. The van der Waals surface area contributed by atoms with Gasteiger partial charge in [0.05, 0.1) is 26.2 Å². The SMILES string of the molecule is CCCC(=O)N(C)c1cccc(Cl)c1.COc1cc2c(Cl)cccc2n(C)c1=O.O=C=O.O=S(=O)(OS(=O)(=O)C(F)(F)F)C(F)(F)F.[2H]CF. The van der Waals surface area contributed by atoms with E-state index < -0.39 is 38.4 Å². The number of alkyl halides is 7. The number of halogens is 9. The third-order valence-electron chi connectivity index (χ3n) is 5.18. The average molecular weight is 797 g/mol. The standard InChI is InChI=1S/C11H10ClNO2.C11H14ClNO.C2F6O5S2.CH3F.CO2/c1-13-9-5-3-4-8(12)7(9)6-10(15-2)11(13)14;1-3-5-11(14)13(2)10-7-4-6-9(12)8-10;3-1(4,5)14(9,10)13-15(11,12)2(6,7)8;1-2;2-1-3/h3-6H,1-2H3;4,6-8H,3,5H2,1-2H3;;1H3;/i;;;1D;. The molecule has 0 bridgehead atoms. The van der Waals surface area contributed by atoms with Crippen molar-refractivity contribution in [2.75, 3.05) is 26.2 Å². The molecule has 0 fully saturated rings. The maximum Gasteiger partial charge on any atom is 0.524 e. The van der Waals surface area contributed by atoms with Crippen molar-refractivity contribution in [2.45, 2.75) is 30.8 Å². The van der Waals surface area contributed by atoms with Gasteiger partial charge in [0.2, 0.25) is 5.91 Å². The second-order valence-electron chi connectivity index (χ2n) is 8.38. The average Bonchev–Trinajstić information content (AvgIpc) is 2.99. The van der Waals surface area contributed by atoms with Crippen LogP contribution in [0.1, 0.15) is 21.1 Å². The molecule has 0 aliphatic carbocycles. The lowest BCUT2D eigenvalue weighted by Crippen LogP contribution is -2.34. The van der Waals surface area contributed by atoms with Crippen LogP contribution in [0.4, 0.5) is 36.4 Å². The second-order valence-corrected chi connectivity index (χ2v) is 12.5. The topological polar surface area (TPSA) is 163 Å². The molecule has 49 heavy (non-hydrogen) atoms. The minimum atomic E-state index is -6.85. The van der Waals surface area contributed by atoms with Crippen molar-refractivity contribution in [3.63, 3.8) is 0 Å². The van der Waals surface area contributed by atoms with Gasteiger partial charge in [0.15, 0.2) is 5.75 Å². The Balaban J connectivity index is 0. The number of carbonyl (C=O) groups is 1. The third kappa shape index (κ3) is 14.7. The fraction of sp³-hybridized carbons (Fsp3) is 0.346. The van der Waals surface area contributed by atoms with Crippen molar-refractivity contribution in [3.05, 3.63) is 68.9 Å². The van der Waals surface area contributed by atoms with E-state index in [0.717, 1.165) is 23.0 Å². The lowest BCUT2D eigenvalue weighted by molar-refractivity contribution is -0.191. The minimum absolute atomic E-state index is 0.120. The Kier molecular flexibility index (Phi) is 19.1. The maximum atomic E-state index is 11.7. The summed E-state index contributed by atoms with van der Waals surface area (Å²) in [4.78, 5) is 41.1. The van der Waals surface area contributed by atoms with E-state index in [4.69, 9.17) is 38.9 Å². The van der Waals surface area contributed by atoms with Gasteiger partial charge in [-0.25, -0.2) is 0 Å². The smallest absolute Gasteiger partial charge is 0.491 e. The Morgan fingerprint density at radius 3 is 1.86 bits per heavy atom. The van der Waals surface area contributed by atoms with Gasteiger partial charge in [0.25, 0.3) is 5.56 Å². The molecule has 12 nitrogen and oxygen atoms in total. The molecular formula is C26H27Cl2F7N2O10S2. The monoisotopic (exact) mass is 795 g/mol. The van der Waals surface area contributed by atoms with E-state index >= 15 is 0 Å². The van der Waals surface area contributed by atoms with Gasteiger partial charge in [-0.3, -0.25) is 14.0 Å². The van der Waals surface area contributed by atoms with E-state index in [0.29, 0.717) is 22.2 Å². The highest BCUT2D eigenvalue weighted by Crippen LogP contribution is 2.32. The van der Waals surface area contributed by atoms with Crippen LogP contribution < -0.4 is 15.2 Å². The number of methoxy groups -OCH3 is 1. The van der Waals surface area contributed by atoms with Gasteiger partial charge in [-0.1, -0.05) is 42.3 Å². The van der Waals surface area contributed by atoms with Crippen LogP contribution in [0.3, 0.4) is 0 Å². The highest BCUT2D eigenvalue weighted by molar-refractivity contribution is 8.00. The molecule has 0 radical (unpaired) electrons. The molecule has 1 heterocycles. The van der Waals surface area contributed by atoms with Crippen LogP contribution in [0.5, 0.6) is 5.75 Å². The van der Waals surface area contributed by atoms with Crippen molar-refractivity contribution in [1.82, 2.24) is 4.57 Å². The lowest BCUT2D eigenvalue weighted by atomic mass is 10.2. The summed E-state index contributed by atoms with van der Waals surface area (Å²) in [7, 11) is -9.76. The number of anilines is 1. The van der Waals surface area contributed by atoms with Gasteiger partial charge in [-0.2, -0.15) is 52.8 Å². The summed E-state index contributed by atoms with van der Waals surface area (Å²) < 4.78 is 132. The van der Waals surface area contributed by atoms with Crippen molar-refractivity contribution < 1.29 is 71.7 Å². The third-order valence-corrected chi connectivity index (χ3v) is 8.31. The van der Waals surface area contributed by atoms with Gasteiger partial charge in [-0.15, -0.1) is 3.63 Å². The van der Waals surface area contributed by atoms with Crippen molar-refractivity contribution in [3.8, 4) is 5.75 Å². The molecule has 0 N–H and O–H groups in total. The number of fused-ring (bicyclic) bond motifs is 1. The number of amides is 1. The number of ether oxygens (including phenoxy) is 1. The molecule has 0 spiro atoms. The van der Waals surface area contributed by atoms with E-state index in [1.807, 2.05) is 34.8 Å². The molecule has 0 unspecified atom stereocenters. The molecule has 0 aliphatic rings. The zero-order valence-electron chi connectivity index (χ0n) is 26.4. The predicted octanol–water partition coefficient (Wildman–Crippen LogP) is 6.01. The molecule has 3 rings (SSSR count). The summed E-state index contributed by atoms with van der Waals surface area (Å²) in [5, 5.41) is 2.08. The quantitative estimate of drug-likeness (QED) is 0.213. The molecule has 3 aromatic rings. The van der Waals surface area contributed by atoms with Crippen LogP contribution in [-0.2, 0) is 45.3 Å². The normalized spacial score (nSPS) is 11.3. The van der Waals surface area contributed by atoms with Gasteiger partial charge < -0.3 is 14.2 Å². The van der Waals surface area contributed by atoms with Crippen LogP contribution in [0.25, 0.3) is 10.9 Å². The summed E-state index contributed by atoms with van der Waals surface area (Å²) >= 11 is 11.9. The van der Waals surface area contributed by atoms with Gasteiger partial charge in [0.1, 0.15) is 0 Å². The molecule has 2 aromatic carbocycles. The van der Waals surface area contributed by atoms with Crippen molar-refractivity contribution >= 4 is 72.1 Å². The first-order chi connectivity index (χ1) is 22.8. The Hall–Kier alpha value is -3.75. The Morgan fingerprint density at radius 2 is 1.45 bits per heavy atom. The molecular weight excluding hydrogens is 768 g/mol. The summed E-state index contributed by atoms with van der Waals surface area (Å²) in [5.74, 6) is 0.424. The van der Waals surface area contributed by atoms with Crippen LogP contribution in [0.2, 0.25) is 10.0 Å². The molecule has 23 heteroatoms. The van der Waals surface area contributed by atoms with Crippen molar-refractivity contribution in [1.29, 1.82) is 0 Å². The fourth-order valence-corrected chi connectivity index (χ4v) is 4.95. The van der Waals surface area contributed by atoms with Crippen molar-refractivity contribution in [2.24, 2.45) is 7.05 Å². The molecule has 1 amide bonds. The Labute approximate surface area is 286 Å². The molecule has 0 atom stereocenters. The van der Waals surface area contributed by atoms with E-state index in [2.05, 4.69) is 0 Å². The molecule has 1 aromatic heterocycles. The number of carbonyl (C=O) groups excluding carboxylic acids is 3. The number of pyridine rings is 1. The van der Waals surface area contributed by atoms with Crippen LogP contribution in [0.15, 0.2) is 53.3 Å². The molecule has 276 valence electrons. The second kappa shape index (κ2) is 20.7. The highest BCUT2D eigenvalue weighted by Gasteiger charge is 2.57. The zero-order chi connectivity index (χ0) is 39.7. The number of nitrogens with zero attached hydrogens (tertiary/aromatic N) is 2. The summed E-state index contributed by atoms with van der Waals surface area (Å²) in [6, 6.07) is 14.4. The lowest BCUT2D eigenvalue weighted by Gasteiger charge is -2.16. The van der Waals surface area contributed by atoms with Crippen LogP contribution >= 0.6 is 23.2 Å². The zero-order valence-corrected chi connectivity index (χ0v) is 28.6. The largest absolute Gasteiger partial charge is 0.524 e. The van der Waals surface area contributed by atoms with Crippen LogP contribution in [0, 0.1) is 0 Å². The summed E-state index contributed by atoms with van der Waals surface area (Å²) in [5.41, 5.74) is -11.0. The van der Waals surface area contributed by atoms with E-state index in [1.165, 1.54) is 11.7 Å². The van der Waals surface area contributed by atoms with Crippen LogP contribution in [-0.4, -0.2) is 65.8 Å². The van der Waals surface area contributed by atoms with E-state index in [-0.39, 0.29) is 17.6 Å². The minimum Gasteiger partial charge on any atom is -0.491 e. The van der Waals surface area contributed by atoms with E-state index in [9.17, 15) is 57.2 Å². The molecule has 0 saturated carbocycles. The first kappa shape index (κ1) is 45.2. The molecule has 0 aliphatic heterocycles. The highest BCUT2D eigenvalue weighted by atomic mass is 35.5. The van der Waals surface area contributed by atoms with Gasteiger partial charge >= 0.3 is 37.4 Å². The molecule has 0 saturated heterocycles. The fourth-order valence-electron chi connectivity index (χ4n) is 2.98. The van der Waals surface area contributed by atoms with Gasteiger partial charge in [-0.05, 0) is 42.8 Å². The maximum absolute atomic E-state index is 11.7. The number of aryl methyl sites for hydroxylation is 1. The van der Waals surface area contributed by atoms with E-state index in [1.54, 1.807) is 43.3 Å².